The number of aliphatic carboxylic acids is 1. The molecule has 2 bridgehead atoms. The standard InChI is InChI=1S/C39H38F3N5O8S/c40-39(41,42)25-12-8-23(9-13-25)18-29-34(50)45-28(17-22-5-2-1-3-6-22)35(51)47-31(38(54)55)19-24-10-14-26(15-11-24)43-37(53)32(48)21-33(49)44-30(36(52)46-29)20-27-7-4-16-56-27/h1-16,28-32,48H,17-21H2,(H,43,53)(H,44,49)(H,45,50)(H,46,52)(H,47,51)(H,54,55)/t28-,29+,30-,31+,32-/m1/s1. The summed E-state index contributed by atoms with van der Waals surface area (Å²) in [5.41, 5.74) is 0.519. The van der Waals surface area contributed by atoms with E-state index in [1.807, 2.05) is 0 Å². The van der Waals surface area contributed by atoms with Crippen LogP contribution >= 0.6 is 11.3 Å². The highest BCUT2D eigenvalue weighted by Crippen LogP contribution is 2.29. The van der Waals surface area contributed by atoms with E-state index in [0.29, 0.717) is 16.0 Å². The van der Waals surface area contributed by atoms with E-state index in [1.165, 1.54) is 35.6 Å². The lowest BCUT2D eigenvalue weighted by Crippen LogP contribution is -2.59. The maximum atomic E-state index is 14.1. The molecule has 17 heteroatoms. The van der Waals surface area contributed by atoms with Crippen LogP contribution < -0.4 is 26.6 Å². The van der Waals surface area contributed by atoms with Crippen LogP contribution in [-0.4, -0.2) is 76.0 Å². The fraction of sp³-hybridized carbons (Fsp3) is 0.282. The Kier molecular flexibility index (Phi) is 13.6. The Balaban J connectivity index is 1.52. The minimum atomic E-state index is -4.64. The van der Waals surface area contributed by atoms with Crippen molar-refractivity contribution in [2.24, 2.45) is 0 Å². The number of thiophene rings is 1. The van der Waals surface area contributed by atoms with Gasteiger partial charge in [0.05, 0.1) is 12.0 Å². The second-order valence-electron chi connectivity index (χ2n) is 13.1. The van der Waals surface area contributed by atoms with E-state index >= 15 is 0 Å². The maximum absolute atomic E-state index is 14.1. The topological polar surface area (TPSA) is 203 Å². The molecule has 0 spiro atoms. The van der Waals surface area contributed by atoms with Gasteiger partial charge in [-0.2, -0.15) is 13.2 Å². The first-order chi connectivity index (χ1) is 26.6. The normalized spacial score (nSPS) is 21.8. The molecule has 0 fully saturated rings. The number of aliphatic hydroxyl groups is 1. The fourth-order valence-corrected chi connectivity index (χ4v) is 6.65. The van der Waals surface area contributed by atoms with Crippen molar-refractivity contribution >= 4 is 52.5 Å². The van der Waals surface area contributed by atoms with Crippen LogP contribution in [0, 0.1) is 0 Å². The predicted octanol–water partition coefficient (Wildman–Crippen LogP) is 2.76. The number of carboxylic acid groups (broad SMARTS) is 1. The van der Waals surface area contributed by atoms with E-state index in [2.05, 4.69) is 26.6 Å². The Morgan fingerprint density at radius 1 is 0.661 bits per heavy atom. The van der Waals surface area contributed by atoms with Crippen molar-refractivity contribution in [3.63, 3.8) is 0 Å². The number of rotatable bonds is 7. The molecule has 294 valence electrons. The molecular weight excluding hydrogens is 756 g/mol. The van der Waals surface area contributed by atoms with Gasteiger partial charge in [-0.25, -0.2) is 4.79 Å². The molecule has 0 saturated heterocycles. The number of hydrogen-bond acceptors (Lipinski definition) is 8. The lowest BCUT2D eigenvalue weighted by atomic mass is 10.00. The summed E-state index contributed by atoms with van der Waals surface area (Å²) in [6.45, 7) is 0. The van der Waals surface area contributed by atoms with Crippen LogP contribution in [0.25, 0.3) is 0 Å². The highest BCUT2D eigenvalue weighted by molar-refractivity contribution is 7.09. The summed E-state index contributed by atoms with van der Waals surface area (Å²) in [7, 11) is 0. The van der Waals surface area contributed by atoms with Crippen LogP contribution in [0.3, 0.4) is 0 Å². The zero-order valence-electron chi connectivity index (χ0n) is 29.5. The van der Waals surface area contributed by atoms with Crippen molar-refractivity contribution < 1.29 is 52.2 Å². The first-order valence-electron chi connectivity index (χ1n) is 17.4. The SMILES string of the molecule is O=C1C[C@@H](O)C(=O)Nc2ccc(cc2)C[C@@H](C(=O)O)NC(=O)[C@@H](Cc2ccccc2)NC(=O)[C@H](Cc2ccc(C(F)(F)F)cc2)NC(=O)[C@@H](Cc2cccs2)N1. The first-order valence-corrected chi connectivity index (χ1v) is 18.3. The van der Waals surface area contributed by atoms with Gasteiger partial charge in [0.15, 0.2) is 0 Å². The van der Waals surface area contributed by atoms with E-state index < -0.39 is 83.9 Å². The van der Waals surface area contributed by atoms with E-state index in [1.54, 1.807) is 47.8 Å². The number of aliphatic hydroxyl groups excluding tert-OH is 1. The number of nitrogens with one attached hydrogen (secondary N) is 5. The zero-order chi connectivity index (χ0) is 40.4. The maximum Gasteiger partial charge on any atom is 0.416 e. The van der Waals surface area contributed by atoms with Gasteiger partial charge in [-0.1, -0.05) is 60.7 Å². The highest BCUT2D eigenvalue weighted by atomic mass is 32.1. The number of alkyl halides is 3. The molecule has 1 aromatic heterocycles. The van der Waals surface area contributed by atoms with E-state index in [0.717, 1.165) is 24.3 Å². The molecule has 3 heterocycles. The van der Waals surface area contributed by atoms with Gasteiger partial charge in [-0.05, 0) is 52.4 Å². The van der Waals surface area contributed by atoms with E-state index in [4.69, 9.17) is 0 Å². The number of carbonyl (C=O) groups is 6. The number of amides is 5. The summed E-state index contributed by atoms with van der Waals surface area (Å²) in [6, 6.07) is 15.9. The van der Waals surface area contributed by atoms with Crippen LogP contribution in [0.4, 0.5) is 18.9 Å². The number of carbonyl (C=O) groups excluding carboxylic acids is 5. The van der Waals surface area contributed by atoms with Crippen molar-refractivity contribution in [2.75, 3.05) is 5.32 Å². The molecule has 0 unspecified atom stereocenters. The van der Waals surface area contributed by atoms with Crippen molar-refractivity contribution in [3.8, 4) is 0 Å². The van der Waals surface area contributed by atoms with Crippen LogP contribution in [0.5, 0.6) is 0 Å². The number of anilines is 1. The van der Waals surface area contributed by atoms with Gasteiger partial charge in [-0.15, -0.1) is 11.3 Å². The van der Waals surface area contributed by atoms with Gasteiger partial charge in [0.2, 0.25) is 23.6 Å². The van der Waals surface area contributed by atoms with Crippen LogP contribution in [0.1, 0.15) is 33.6 Å². The summed E-state index contributed by atoms with van der Waals surface area (Å²) < 4.78 is 40.1. The van der Waals surface area contributed by atoms with Crippen molar-refractivity contribution in [2.45, 2.75) is 68.6 Å². The third-order valence-corrected chi connectivity index (χ3v) is 9.76. The highest BCUT2D eigenvalue weighted by Gasteiger charge is 2.34. The number of carboxylic acids is 1. The zero-order valence-corrected chi connectivity index (χ0v) is 30.4. The number of hydrogen-bond donors (Lipinski definition) is 7. The van der Waals surface area contributed by atoms with E-state index in [-0.39, 0.29) is 36.9 Å². The van der Waals surface area contributed by atoms with Gasteiger partial charge in [0.1, 0.15) is 30.3 Å². The second-order valence-corrected chi connectivity index (χ2v) is 14.2. The lowest BCUT2D eigenvalue weighted by Gasteiger charge is -2.26. The molecule has 4 aromatic rings. The summed E-state index contributed by atoms with van der Waals surface area (Å²) in [5, 5.41) is 35.0. The molecule has 0 saturated carbocycles. The molecule has 5 amide bonds. The van der Waals surface area contributed by atoms with E-state index in [9.17, 15) is 52.2 Å². The Morgan fingerprint density at radius 2 is 1.23 bits per heavy atom. The second kappa shape index (κ2) is 18.5. The molecule has 3 aromatic carbocycles. The van der Waals surface area contributed by atoms with Gasteiger partial charge < -0.3 is 36.8 Å². The van der Waals surface area contributed by atoms with Gasteiger partial charge in [0.25, 0.3) is 5.91 Å². The van der Waals surface area contributed by atoms with Gasteiger partial charge in [0, 0.05) is 36.2 Å². The Hall–Kier alpha value is -6.07. The molecular formula is C39H38F3N5O8S. The van der Waals surface area contributed by atoms with Crippen molar-refractivity contribution in [1.82, 2.24) is 21.3 Å². The van der Waals surface area contributed by atoms with Gasteiger partial charge >= 0.3 is 12.1 Å². The Morgan fingerprint density at radius 3 is 1.79 bits per heavy atom. The summed E-state index contributed by atoms with van der Waals surface area (Å²) in [5.74, 6) is -5.90. The summed E-state index contributed by atoms with van der Waals surface area (Å²) in [6.07, 6.45) is -7.99. The molecule has 5 atom stereocenters. The first kappa shape index (κ1) is 41.1. The average Bonchev–Trinajstić information content (AvgIpc) is 3.67. The number of halogens is 3. The Bertz CT molecular complexity index is 2010. The molecule has 6 rings (SSSR count). The van der Waals surface area contributed by atoms with Crippen molar-refractivity contribution in [1.29, 1.82) is 0 Å². The molecule has 2 aliphatic heterocycles. The monoisotopic (exact) mass is 793 g/mol. The Labute approximate surface area is 322 Å². The average molecular weight is 794 g/mol. The minimum absolute atomic E-state index is 0.0753. The van der Waals surface area contributed by atoms with Crippen LogP contribution in [-0.2, 0) is 60.6 Å². The molecule has 2 aliphatic rings. The quantitative estimate of drug-likeness (QED) is 0.138. The fourth-order valence-electron chi connectivity index (χ4n) is 5.90. The number of fused-ring (bicyclic) bond motifs is 18. The minimum Gasteiger partial charge on any atom is -0.480 e. The smallest absolute Gasteiger partial charge is 0.416 e. The largest absolute Gasteiger partial charge is 0.480 e. The number of benzene rings is 3. The predicted molar refractivity (Wildman–Crippen MR) is 198 cm³/mol. The summed E-state index contributed by atoms with van der Waals surface area (Å²) in [4.78, 5) is 80.9. The molecule has 56 heavy (non-hydrogen) atoms. The third-order valence-electron chi connectivity index (χ3n) is 8.86. The van der Waals surface area contributed by atoms with Crippen molar-refractivity contribution in [3.05, 3.63) is 124 Å². The van der Waals surface area contributed by atoms with Crippen LogP contribution in [0.2, 0.25) is 0 Å². The molecule has 0 aliphatic carbocycles. The summed E-state index contributed by atoms with van der Waals surface area (Å²) >= 11 is 1.27. The molecule has 7 N–H and O–H groups in total. The molecule has 13 nitrogen and oxygen atoms in total. The molecule has 0 radical (unpaired) electrons. The third kappa shape index (κ3) is 11.7. The van der Waals surface area contributed by atoms with Gasteiger partial charge in [-0.3, -0.25) is 24.0 Å². The lowest BCUT2D eigenvalue weighted by molar-refractivity contribution is -0.142. The van der Waals surface area contributed by atoms with Crippen LogP contribution in [0.15, 0.2) is 96.4 Å².